The first kappa shape index (κ1) is 18.9. The molecule has 1 N–H and O–H groups in total. The average molecular weight is 417 g/mol. The number of nitrogens with zero attached hydrogens (tertiary/aromatic N) is 5. The summed E-state index contributed by atoms with van der Waals surface area (Å²) in [6.45, 7) is 0.333. The maximum Gasteiger partial charge on any atom is 0.236 e. The molecule has 2 aromatic heterocycles. The summed E-state index contributed by atoms with van der Waals surface area (Å²) in [5, 5.41) is 19.7. The van der Waals surface area contributed by atoms with Crippen molar-refractivity contribution in [2.75, 3.05) is 11.1 Å². The number of hydrogen-bond acceptors (Lipinski definition) is 8. The lowest BCUT2D eigenvalue weighted by Gasteiger charge is -2.16. The van der Waals surface area contributed by atoms with E-state index in [4.69, 9.17) is 4.74 Å². The minimum atomic E-state index is -0.156. The molecule has 0 unspecified atom stereocenters. The fourth-order valence-corrected chi connectivity index (χ4v) is 4.25. The van der Waals surface area contributed by atoms with Crippen LogP contribution in [0.1, 0.15) is 29.8 Å². The minimum absolute atomic E-state index is 0.156. The van der Waals surface area contributed by atoms with Crippen LogP contribution in [-0.4, -0.2) is 36.6 Å². The molecule has 0 saturated heterocycles. The van der Waals surface area contributed by atoms with E-state index in [1.165, 1.54) is 47.1 Å². The molecule has 3 aromatic rings. The molecule has 1 amide bonds. The van der Waals surface area contributed by atoms with Gasteiger partial charge in [-0.1, -0.05) is 29.2 Å². The normalized spacial score (nSPS) is 13.2. The molecule has 2 heterocycles. The van der Waals surface area contributed by atoms with E-state index >= 15 is 0 Å². The molecule has 1 aliphatic rings. The Balaban J connectivity index is 1.31. The zero-order valence-corrected chi connectivity index (χ0v) is 17.1. The highest BCUT2D eigenvalue weighted by Gasteiger charge is 2.14. The minimum Gasteiger partial charge on any atom is -0.486 e. The summed E-state index contributed by atoms with van der Waals surface area (Å²) in [6, 6.07) is 6.32. The van der Waals surface area contributed by atoms with Crippen LogP contribution in [0.15, 0.2) is 28.9 Å². The van der Waals surface area contributed by atoms with E-state index in [1.54, 1.807) is 5.51 Å². The number of aryl methyl sites for hydroxylation is 2. The Labute approximate surface area is 170 Å². The van der Waals surface area contributed by atoms with Gasteiger partial charge in [0.2, 0.25) is 11.0 Å². The number of hydrogen-bond donors (Lipinski definition) is 1. The fraction of sp³-hybridized carbons (Fsp3) is 0.389. The predicted octanol–water partition coefficient (Wildman–Crippen LogP) is 2.86. The summed E-state index contributed by atoms with van der Waals surface area (Å²) in [4.78, 5) is 12.0. The van der Waals surface area contributed by atoms with Gasteiger partial charge in [-0.15, -0.1) is 20.4 Å². The van der Waals surface area contributed by atoms with Crippen LogP contribution in [0.25, 0.3) is 0 Å². The van der Waals surface area contributed by atoms with E-state index in [2.05, 4.69) is 37.8 Å². The molecule has 1 aromatic carbocycles. The zero-order chi connectivity index (χ0) is 19.3. The highest BCUT2D eigenvalue weighted by Crippen LogP contribution is 2.26. The molecule has 10 heteroatoms. The van der Waals surface area contributed by atoms with Crippen molar-refractivity contribution in [2.24, 2.45) is 7.05 Å². The first-order chi connectivity index (χ1) is 13.7. The number of carbonyl (C=O) groups excluding carboxylic acids is 1. The van der Waals surface area contributed by atoms with Crippen molar-refractivity contribution in [3.63, 3.8) is 0 Å². The maximum absolute atomic E-state index is 12.0. The SMILES string of the molecule is Cn1c(COc2ccc3c(c2)CCCC3)nnc1SCC(=O)Nc1nncs1. The van der Waals surface area contributed by atoms with E-state index in [-0.39, 0.29) is 11.7 Å². The summed E-state index contributed by atoms with van der Waals surface area (Å²) in [7, 11) is 1.87. The highest BCUT2D eigenvalue weighted by atomic mass is 32.2. The van der Waals surface area contributed by atoms with Crippen LogP contribution in [0.5, 0.6) is 5.75 Å². The zero-order valence-electron chi connectivity index (χ0n) is 15.4. The van der Waals surface area contributed by atoms with Crippen LogP contribution < -0.4 is 10.1 Å². The van der Waals surface area contributed by atoms with Crippen LogP contribution in [0, 0.1) is 0 Å². The van der Waals surface area contributed by atoms with Crippen molar-refractivity contribution in [1.82, 2.24) is 25.0 Å². The van der Waals surface area contributed by atoms with E-state index < -0.39 is 0 Å². The van der Waals surface area contributed by atoms with Gasteiger partial charge in [0.1, 0.15) is 17.9 Å². The molecule has 0 atom stereocenters. The molecule has 146 valence electrons. The van der Waals surface area contributed by atoms with Crippen molar-refractivity contribution >= 4 is 34.1 Å². The molecule has 1 aliphatic carbocycles. The average Bonchev–Trinajstić information content (AvgIpc) is 3.34. The summed E-state index contributed by atoms with van der Waals surface area (Å²) >= 11 is 2.60. The Bertz CT molecular complexity index is 957. The van der Waals surface area contributed by atoms with Gasteiger partial charge in [-0.2, -0.15) is 0 Å². The van der Waals surface area contributed by atoms with Crippen molar-refractivity contribution in [1.29, 1.82) is 0 Å². The van der Waals surface area contributed by atoms with Gasteiger partial charge in [-0.25, -0.2) is 0 Å². The van der Waals surface area contributed by atoms with Gasteiger partial charge in [-0.3, -0.25) is 10.1 Å². The standard InChI is InChI=1S/C18H20N6O2S2/c1-24-15(9-26-14-7-6-12-4-2-3-5-13(12)8-14)21-23-18(24)27-10-16(25)20-17-22-19-11-28-17/h6-8,11H,2-5,9-10H2,1H3,(H,20,22,25). The van der Waals surface area contributed by atoms with Crippen molar-refractivity contribution in [2.45, 2.75) is 37.4 Å². The first-order valence-corrected chi connectivity index (χ1v) is 10.9. The van der Waals surface area contributed by atoms with E-state index in [1.807, 2.05) is 17.7 Å². The highest BCUT2D eigenvalue weighted by molar-refractivity contribution is 7.99. The second kappa shape index (κ2) is 8.70. The Morgan fingerprint density at radius 2 is 2.11 bits per heavy atom. The molecule has 0 radical (unpaired) electrons. The summed E-state index contributed by atoms with van der Waals surface area (Å²) in [5.74, 6) is 1.63. The smallest absolute Gasteiger partial charge is 0.236 e. The fourth-order valence-electron chi connectivity index (χ4n) is 3.06. The van der Waals surface area contributed by atoms with Gasteiger partial charge in [0.15, 0.2) is 11.0 Å². The molecule has 28 heavy (non-hydrogen) atoms. The number of ether oxygens (including phenoxy) is 1. The van der Waals surface area contributed by atoms with Crippen LogP contribution in [0.2, 0.25) is 0 Å². The third kappa shape index (κ3) is 4.50. The third-order valence-electron chi connectivity index (χ3n) is 4.55. The monoisotopic (exact) mass is 416 g/mol. The number of amides is 1. The molecule has 0 bridgehead atoms. The van der Waals surface area contributed by atoms with Gasteiger partial charge >= 0.3 is 0 Å². The molecule has 0 spiro atoms. The number of rotatable bonds is 7. The van der Waals surface area contributed by atoms with Crippen LogP contribution in [-0.2, 0) is 31.3 Å². The quantitative estimate of drug-likeness (QED) is 0.592. The molecule has 8 nitrogen and oxygen atoms in total. The lowest BCUT2D eigenvalue weighted by atomic mass is 9.92. The number of nitrogens with one attached hydrogen (secondary N) is 1. The summed E-state index contributed by atoms with van der Waals surface area (Å²) in [6.07, 6.45) is 4.79. The maximum atomic E-state index is 12.0. The first-order valence-electron chi connectivity index (χ1n) is 9.01. The largest absolute Gasteiger partial charge is 0.486 e. The number of benzene rings is 1. The summed E-state index contributed by atoms with van der Waals surface area (Å²) < 4.78 is 7.77. The molecule has 0 fully saturated rings. The number of thioether (sulfide) groups is 1. The second-order valence-corrected chi connectivity index (χ2v) is 8.24. The molecule has 0 saturated carbocycles. The predicted molar refractivity (Wildman–Crippen MR) is 108 cm³/mol. The second-order valence-electron chi connectivity index (χ2n) is 6.46. The summed E-state index contributed by atoms with van der Waals surface area (Å²) in [5.41, 5.74) is 4.39. The lowest BCUT2D eigenvalue weighted by molar-refractivity contribution is -0.113. The number of fused-ring (bicyclic) bond motifs is 1. The van der Waals surface area contributed by atoms with Crippen LogP contribution in [0.3, 0.4) is 0 Å². The number of carbonyl (C=O) groups is 1. The molecular weight excluding hydrogens is 396 g/mol. The van der Waals surface area contributed by atoms with Gasteiger partial charge in [0.05, 0.1) is 5.75 Å². The van der Waals surface area contributed by atoms with E-state index in [9.17, 15) is 4.79 Å². The molecule has 0 aliphatic heterocycles. The van der Waals surface area contributed by atoms with Crippen LogP contribution in [0.4, 0.5) is 5.13 Å². The number of anilines is 1. The number of aromatic nitrogens is 5. The Kier molecular flexibility index (Phi) is 5.87. The van der Waals surface area contributed by atoms with Crippen molar-refractivity contribution < 1.29 is 9.53 Å². The van der Waals surface area contributed by atoms with E-state index in [0.29, 0.717) is 22.7 Å². The van der Waals surface area contributed by atoms with Crippen molar-refractivity contribution in [3.8, 4) is 5.75 Å². The Morgan fingerprint density at radius 1 is 1.25 bits per heavy atom. The van der Waals surface area contributed by atoms with E-state index in [0.717, 1.165) is 18.6 Å². The van der Waals surface area contributed by atoms with Gasteiger partial charge in [-0.05, 0) is 48.9 Å². The Morgan fingerprint density at radius 3 is 2.93 bits per heavy atom. The van der Waals surface area contributed by atoms with Crippen molar-refractivity contribution in [3.05, 3.63) is 40.7 Å². The molecular formula is C18H20N6O2S2. The van der Waals surface area contributed by atoms with Crippen LogP contribution >= 0.6 is 23.1 Å². The van der Waals surface area contributed by atoms with Gasteiger partial charge < -0.3 is 9.30 Å². The van der Waals surface area contributed by atoms with Gasteiger partial charge in [0, 0.05) is 7.05 Å². The topological polar surface area (TPSA) is 94.8 Å². The third-order valence-corrected chi connectivity index (χ3v) is 6.18. The lowest BCUT2D eigenvalue weighted by Crippen LogP contribution is -2.14. The molecule has 4 rings (SSSR count). The van der Waals surface area contributed by atoms with Gasteiger partial charge in [0.25, 0.3) is 0 Å². The Hall–Kier alpha value is -2.46.